The lowest BCUT2D eigenvalue weighted by Crippen LogP contribution is -2.56. The highest BCUT2D eigenvalue weighted by molar-refractivity contribution is 5.98. The van der Waals surface area contributed by atoms with Gasteiger partial charge in [-0.1, -0.05) is 30.7 Å². The van der Waals surface area contributed by atoms with Crippen LogP contribution >= 0.6 is 0 Å². The van der Waals surface area contributed by atoms with E-state index in [1.807, 2.05) is 18.2 Å². The summed E-state index contributed by atoms with van der Waals surface area (Å²) in [7, 11) is 0. The van der Waals surface area contributed by atoms with E-state index in [4.69, 9.17) is 4.74 Å². The highest BCUT2D eigenvalue weighted by Gasteiger charge is 2.52. The van der Waals surface area contributed by atoms with Crippen LogP contribution in [0.5, 0.6) is 0 Å². The molecule has 24 heavy (non-hydrogen) atoms. The standard InChI is InChI=1S/C19H24N2O3/c1-2-13-20-17(22)16-14-24-19(11-7-4-8-12-19)21(16)18(23)15-9-5-3-6-10-15/h2-3,5-6,9-10,16H,1,4,7-8,11-14H2,(H,20,22)/t16-/m0/s1. The predicted molar refractivity (Wildman–Crippen MR) is 91.4 cm³/mol. The monoisotopic (exact) mass is 328 g/mol. The van der Waals surface area contributed by atoms with Crippen LogP contribution in [-0.4, -0.2) is 41.6 Å². The lowest BCUT2D eigenvalue weighted by Gasteiger charge is -2.41. The first kappa shape index (κ1) is 16.7. The molecule has 1 heterocycles. The van der Waals surface area contributed by atoms with Crippen LogP contribution < -0.4 is 5.32 Å². The van der Waals surface area contributed by atoms with E-state index < -0.39 is 11.8 Å². The normalized spacial score (nSPS) is 22.3. The zero-order chi connectivity index (χ0) is 17.0. The lowest BCUT2D eigenvalue weighted by atomic mass is 9.89. The lowest BCUT2D eigenvalue weighted by molar-refractivity contribution is -0.127. The van der Waals surface area contributed by atoms with Gasteiger partial charge < -0.3 is 10.1 Å². The van der Waals surface area contributed by atoms with Crippen molar-refractivity contribution < 1.29 is 14.3 Å². The second kappa shape index (κ2) is 7.18. The Morgan fingerprint density at radius 2 is 1.96 bits per heavy atom. The van der Waals surface area contributed by atoms with Gasteiger partial charge in [0.15, 0.2) is 0 Å². The summed E-state index contributed by atoms with van der Waals surface area (Å²) in [6.45, 7) is 4.25. The molecule has 1 saturated heterocycles. The number of nitrogens with one attached hydrogen (secondary N) is 1. The first-order valence-corrected chi connectivity index (χ1v) is 8.59. The number of rotatable bonds is 4. The molecule has 1 aliphatic heterocycles. The zero-order valence-electron chi connectivity index (χ0n) is 13.9. The van der Waals surface area contributed by atoms with Gasteiger partial charge in [0.2, 0.25) is 5.91 Å². The van der Waals surface area contributed by atoms with E-state index in [1.54, 1.807) is 23.1 Å². The number of nitrogens with zero attached hydrogens (tertiary/aromatic N) is 1. The number of hydrogen-bond donors (Lipinski definition) is 1. The van der Waals surface area contributed by atoms with E-state index in [1.165, 1.54) is 0 Å². The Balaban J connectivity index is 1.90. The Morgan fingerprint density at radius 1 is 1.25 bits per heavy atom. The maximum Gasteiger partial charge on any atom is 0.256 e. The van der Waals surface area contributed by atoms with E-state index in [-0.39, 0.29) is 18.4 Å². The summed E-state index contributed by atoms with van der Waals surface area (Å²) in [6.07, 6.45) is 6.38. The second-order valence-corrected chi connectivity index (χ2v) is 6.41. The third-order valence-electron chi connectivity index (χ3n) is 4.86. The molecule has 5 heteroatoms. The van der Waals surface area contributed by atoms with E-state index in [0.717, 1.165) is 32.1 Å². The van der Waals surface area contributed by atoms with Gasteiger partial charge in [-0.15, -0.1) is 6.58 Å². The van der Waals surface area contributed by atoms with Gasteiger partial charge >= 0.3 is 0 Å². The Hall–Kier alpha value is -2.14. The van der Waals surface area contributed by atoms with Crippen LogP contribution in [0.15, 0.2) is 43.0 Å². The van der Waals surface area contributed by atoms with Gasteiger partial charge in [-0.2, -0.15) is 0 Å². The molecule has 1 spiro atoms. The Kier molecular flexibility index (Phi) is 5.00. The first-order chi connectivity index (χ1) is 11.7. The minimum absolute atomic E-state index is 0.131. The van der Waals surface area contributed by atoms with Crippen LogP contribution in [0.2, 0.25) is 0 Å². The number of benzene rings is 1. The minimum atomic E-state index is -0.638. The number of carbonyl (C=O) groups is 2. The summed E-state index contributed by atoms with van der Waals surface area (Å²) < 4.78 is 6.07. The van der Waals surface area contributed by atoms with E-state index in [9.17, 15) is 9.59 Å². The maximum atomic E-state index is 13.2. The molecule has 0 unspecified atom stereocenters. The average Bonchev–Trinajstić information content (AvgIpc) is 2.99. The fourth-order valence-electron chi connectivity index (χ4n) is 3.68. The van der Waals surface area contributed by atoms with Crippen molar-refractivity contribution in [3.63, 3.8) is 0 Å². The van der Waals surface area contributed by atoms with Crippen molar-refractivity contribution in [2.24, 2.45) is 0 Å². The van der Waals surface area contributed by atoms with Crippen molar-refractivity contribution in [2.45, 2.75) is 43.9 Å². The van der Waals surface area contributed by atoms with Crippen LogP contribution in [0.25, 0.3) is 0 Å². The first-order valence-electron chi connectivity index (χ1n) is 8.59. The molecule has 1 atom stereocenters. The molecule has 2 amide bonds. The summed E-state index contributed by atoms with van der Waals surface area (Å²) in [5.41, 5.74) is -0.0454. The van der Waals surface area contributed by atoms with Crippen molar-refractivity contribution >= 4 is 11.8 Å². The number of ether oxygens (including phenoxy) is 1. The molecule has 1 aromatic carbocycles. The molecule has 1 N–H and O–H groups in total. The fraction of sp³-hybridized carbons (Fsp3) is 0.474. The summed E-state index contributed by atoms with van der Waals surface area (Å²) in [6, 6.07) is 8.54. The van der Waals surface area contributed by atoms with E-state index in [2.05, 4.69) is 11.9 Å². The second-order valence-electron chi connectivity index (χ2n) is 6.41. The molecule has 128 valence electrons. The van der Waals surface area contributed by atoms with Crippen LogP contribution in [0.4, 0.5) is 0 Å². The molecule has 0 radical (unpaired) electrons. The molecule has 1 saturated carbocycles. The summed E-state index contributed by atoms with van der Waals surface area (Å²) in [5.74, 6) is -0.310. The van der Waals surface area contributed by atoms with Gasteiger partial charge in [0, 0.05) is 12.1 Å². The van der Waals surface area contributed by atoms with Crippen LogP contribution in [-0.2, 0) is 9.53 Å². The molecule has 5 nitrogen and oxygen atoms in total. The summed E-state index contributed by atoms with van der Waals surface area (Å²) in [4.78, 5) is 27.4. The van der Waals surface area contributed by atoms with Gasteiger partial charge in [0.25, 0.3) is 5.91 Å². The Labute approximate surface area is 142 Å². The molecule has 1 aromatic rings. The third-order valence-corrected chi connectivity index (χ3v) is 4.86. The Bertz CT molecular complexity index is 608. The smallest absolute Gasteiger partial charge is 0.256 e. The van der Waals surface area contributed by atoms with Crippen LogP contribution in [0, 0.1) is 0 Å². The molecule has 2 aliphatic rings. The topological polar surface area (TPSA) is 58.6 Å². The number of amides is 2. The highest BCUT2D eigenvalue weighted by Crippen LogP contribution is 2.41. The zero-order valence-corrected chi connectivity index (χ0v) is 13.9. The third kappa shape index (κ3) is 3.08. The van der Waals surface area contributed by atoms with Gasteiger partial charge in [-0.05, 0) is 37.8 Å². The van der Waals surface area contributed by atoms with Gasteiger partial charge in [-0.3, -0.25) is 14.5 Å². The summed E-state index contributed by atoms with van der Waals surface area (Å²) in [5, 5.41) is 2.80. The maximum absolute atomic E-state index is 13.2. The molecular weight excluding hydrogens is 304 g/mol. The quantitative estimate of drug-likeness (QED) is 0.864. The van der Waals surface area contributed by atoms with Crippen molar-refractivity contribution in [1.82, 2.24) is 10.2 Å². The molecule has 0 bridgehead atoms. The van der Waals surface area contributed by atoms with Gasteiger partial charge in [-0.25, -0.2) is 0 Å². The molecular formula is C19H24N2O3. The van der Waals surface area contributed by atoms with E-state index in [0.29, 0.717) is 12.1 Å². The Morgan fingerprint density at radius 3 is 2.62 bits per heavy atom. The van der Waals surface area contributed by atoms with Gasteiger partial charge in [0.1, 0.15) is 11.8 Å². The molecule has 0 aromatic heterocycles. The number of carbonyl (C=O) groups excluding carboxylic acids is 2. The van der Waals surface area contributed by atoms with Crippen molar-refractivity contribution in [3.8, 4) is 0 Å². The molecule has 2 fully saturated rings. The van der Waals surface area contributed by atoms with Crippen LogP contribution in [0.3, 0.4) is 0 Å². The largest absolute Gasteiger partial charge is 0.353 e. The van der Waals surface area contributed by atoms with Crippen molar-refractivity contribution in [1.29, 1.82) is 0 Å². The predicted octanol–water partition coefficient (Wildman–Crippen LogP) is 2.49. The van der Waals surface area contributed by atoms with Gasteiger partial charge in [0.05, 0.1) is 6.61 Å². The van der Waals surface area contributed by atoms with Crippen molar-refractivity contribution in [3.05, 3.63) is 48.6 Å². The average molecular weight is 328 g/mol. The highest BCUT2D eigenvalue weighted by atomic mass is 16.5. The van der Waals surface area contributed by atoms with Crippen molar-refractivity contribution in [2.75, 3.05) is 13.2 Å². The fourth-order valence-corrected chi connectivity index (χ4v) is 3.68. The number of hydrogen-bond acceptors (Lipinski definition) is 3. The van der Waals surface area contributed by atoms with Crippen LogP contribution in [0.1, 0.15) is 42.5 Å². The molecule has 3 rings (SSSR count). The van der Waals surface area contributed by atoms with E-state index >= 15 is 0 Å². The SMILES string of the molecule is C=CCNC(=O)[C@@H]1COC2(CCCCC2)N1C(=O)c1ccccc1. The summed E-state index contributed by atoms with van der Waals surface area (Å²) >= 11 is 0. The minimum Gasteiger partial charge on any atom is -0.353 e. The molecule has 1 aliphatic carbocycles.